The number of rotatable bonds is 4. The Balaban J connectivity index is 1.49. The van der Waals surface area contributed by atoms with Crippen molar-refractivity contribution in [3.05, 3.63) is 29.8 Å². The van der Waals surface area contributed by atoms with Crippen LogP contribution in [0.4, 0.5) is 5.69 Å². The van der Waals surface area contributed by atoms with Crippen LogP contribution < -0.4 is 10.2 Å². The number of aryl methyl sites for hydroxylation is 1. The van der Waals surface area contributed by atoms with Crippen LogP contribution in [-0.4, -0.2) is 48.8 Å². The maximum absolute atomic E-state index is 12.4. The monoisotopic (exact) mass is 329 g/mol. The van der Waals surface area contributed by atoms with Crippen LogP contribution in [0.1, 0.15) is 31.2 Å². The first kappa shape index (κ1) is 16.5. The van der Waals surface area contributed by atoms with Gasteiger partial charge < -0.3 is 15.1 Å². The molecule has 0 radical (unpaired) electrons. The minimum Gasteiger partial charge on any atom is -0.348 e. The van der Waals surface area contributed by atoms with Gasteiger partial charge in [0.1, 0.15) is 0 Å². The number of carbonyl (C=O) groups excluding carboxylic acids is 3. The molecule has 1 aromatic rings. The second-order valence-electron chi connectivity index (χ2n) is 6.28. The first-order valence-electron chi connectivity index (χ1n) is 8.62. The van der Waals surface area contributed by atoms with Crippen LogP contribution in [0.5, 0.6) is 0 Å². The highest BCUT2D eigenvalue weighted by Gasteiger charge is 2.27. The smallest absolute Gasteiger partial charge is 0.316 e. The molecule has 1 aromatic carbocycles. The molecule has 6 heteroatoms. The van der Waals surface area contributed by atoms with Crippen molar-refractivity contribution in [3.63, 3.8) is 0 Å². The van der Waals surface area contributed by atoms with Crippen molar-refractivity contribution in [2.45, 2.75) is 32.1 Å². The van der Waals surface area contributed by atoms with Crippen molar-refractivity contribution in [1.82, 2.24) is 10.2 Å². The molecule has 0 aromatic heterocycles. The average molecular weight is 329 g/mol. The molecule has 1 fully saturated rings. The van der Waals surface area contributed by atoms with Gasteiger partial charge in [-0.25, -0.2) is 0 Å². The van der Waals surface area contributed by atoms with Crippen molar-refractivity contribution >= 4 is 23.4 Å². The zero-order valence-corrected chi connectivity index (χ0v) is 13.8. The highest BCUT2D eigenvalue weighted by atomic mass is 16.2. The summed E-state index contributed by atoms with van der Waals surface area (Å²) in [7, 11) is 0. The van der Waals surface area contributed by atoms with E-state index in [9.17, 15) is 14.4 Å². The van der Waals surface area contributed by atoms with Gasteiger partial charge in [0, 0.05) is 38.3 Å². The Morgan fingerprint density at radius 3 is 2.67 bits per heavy atom. The predicted octanol–water partition coefficient (Wildman–Crippen LogP) is 1.09. The molecule has 0 unspecified atom stereocenters. The lowest BCUT2D eigenvalue weighted by Crippen LogP contribution is -2.45. The Bertz CT molecular complexity index is 644. The van der Waals surface area contributed by atoms with Crippen molar-refractivity contribution in [1.29, 1.82) is 0 Å². The molecule has 2 aliphatic rings. The summed E-state index contributed by atoms with van der Waals surface area (Å²) in [6.45, 7) is 2.42. The van der Waals surface area contributed by atoms with E-state index in [0.717, 1.165) is 37.1 Å². The van der Waals surface area contributed by atoms with E-state index in [2.05, 4.69) is 5.32 Å². The van der Waals surface area contributed by atoms with Crippen LogP contribution in [0.15, 0.2) is 24.3 Å². The zero-order valence-electron chi connectivity index (χ0n) is 13.8. The van der Waals surface area contributed by atoms with Gasteiger partial charge in [-0.1, -0.05) is 18.2 Å². The SMILES string of the molecule is O=C(NCCCN1CCCC1=O)C(=O)N1CCCc2ccccc21. The molecule has 3 rings (SSSR count). The number of hydrogen-bond donors (Lipinski definition) is 1. The molecule has 0 saturated carbocycles. The van der Waals surface area contributed by atoms with Gasteiger partial charge in [-0.3, -0.25) is 14.4 Å². The number of benzene rings is 1. The summed E-state index contributed by atoms with van der Waals surface area (Å²) < 4.78 is 0. The van der Waals surface area contributed by atoms with E-state index in [4.69, 9.17) is 0 Å². The van der Waals surface area contributed by atoms with Gasteiger partial charge in [-0.2, -0.15) is 0 Å². The summed E-state index contributed by atoms with van der Waals surface area (Å²) in [6.07, 6.45) is 4.01. The summed E-state index contributed by atoms with van der Waals surface area (Å²) in [6, 6.07) is 7.72. The Kier molecular flexibility index (Phi) is 5.13. The van der Waals surface area contributed by atoms with Gasteiger partial charge in [0.2, 0.25) is 5.91 Å². The van der Waals surface area contributed by atoms with Crippen LogP contribution in [0.3, 0.4) is 0 Å². The summed E-state index contributed by atoms with van der Waals surface area (Å²) >= 11 is 0. The lowest BCUT2D eigenvalue weighted by atomic mass is 10.0. The van der Waals surface area contributed by atoms with Crippen LogP contribution in [-0.2, 0) is 20.8 Å². The van der Waals surface area contributed by atoms with E-state index in [-0.39, 0.29) is 5.91 Å². The van der Waals surface area contributed by atoms with Gasteiger partial charge in [0.25, 0.3) is 0 Å². The maximum Gasteiger partial charge on any atom is 0.316 e. The van der Waals surface area contributed by atoms with E-state index in [1.54, 1.807) is 4.90 Å². The molecule has 2 heterocycles. The molecule has 24 heavy (non-hydrogen) atoms. The van der Waals surface area contributed by atoms with Gasteiger partial charge in [-0.05, 0) is 37.3 Å². The first-order valence-corrected chi connectivity index (χ1v) is 8.62. The third-order valence-corrected chi connectivity index (χ3v) is 4.61. The summed E-state index contributed by atoms with van der Waals surface area (Å²) in [4.78, 5) is 39.4. The summed E-state index contributed by atoms with van der Waals surface area (Å²) in [5, 5.41) is 2.68. The number of para-hydroxylation sites is 1. The number of hydrogen-bond acceptors (Lipinski definition) is 3. The Morgan fingerprint density at radius 2 is 1.88 bits per heavy atom. The number of fused-ring (bicyclic) bond motifs is 1. The number of anilines is 1. The molecule has 2 aliphatic heterocycles. The molecule has 0 spiro atoms. The molecule has 0 bridgehead atoms. The first-order chi connectivity index (χ1) is 11.7. The van der Waals surface area contributed by atoms with Gasteiger partial charge in [0.15, 0.2) is 0 Å². The van der Waals surface area contributed by atoms with E-state index < -0.39 is 11.8 Å². The fourth-order valence-corrected chi connectivity index (χ4v) is 3.36. The molecule has 6 nitrogen and oxygen atoms in total. The van der Waals surface area contributed by atoms with E-state index in [1.165, 1.54) is 0 Å². The van der Waals surface area contributed by atoms with Crippen LogP contribution in [0, 0.1) is 0 Å². The Labute approximate surface area is 141 Å². The minimum atomic E-state index is -0.570. The molecular weight excluding hydrogens is 306 g/mol. The molecule has 0 aliphatic carbocycles. The topological polar surface area (TPSA) is 69.7 Å². The quantitative estimate of drug-likeness (QED) is 0.664. The normalized spacial score (nSPS) is 16.9. The lowest BCUT2D eigenvalue weighted by molar-refractivity contribution is -0.137. The van der Waals surface area contributed by atoms with Gasteiger partial charge >= 0.3 is 11.8 Å². The number of carbonyl (C=O) groups is 3. The third kappa shape index (κ3) is 3.58. The Hall–Kier alpha value is -2.37. The molecule has 0 atom stereocenters. The van der Waals surface area contributed by atoms with E-state index in [0.29, 0.717) is 32.5 Å². The second-order valence-corrected chi connectivity index (χ2v) is 6.28. The molecular formula is C18H23N3O3. The Morgan fingerprint density at radius 1 is 1.08 bits per heavy atom. The highest BCUT2D eigenvalue weighted by molar-refractivity contribution is 6.40. The third-order valence-electron chi connectivity index (χ3n) is 4.61. The molecule has 128 valence electrons. The van der Waals surface area contributed by atoms with Crippen molar-refractivity contribution in [2.24, 2.45) is 0 Å². The highest BCUT2D eigenvalue weighted by Crippen LogP contribution is 2.26. The number of likely N-dealkylation sites (tertiary alicyclic amines) is 1. The number of nitrogens with zero attached hydrogens (tertiary/aromatic N) is 2. The van der Waals surface area contributed by atoms with E-state index >= 15 is 0 Å². The standard InChI is InChI=1S/C18H23N3O3/c22-16-9-4-11-20(16)12-5-10-19-17(23)18(24)21-13-3-7-14-6-1-2-8-15(14)21/h1-2,6,8H,3-5,7,9-13H2,(H,19,23). The van der Waals surface area contributed by atoms with Crippen molar-refractivity contribution < 1.29 is 14.4 Å². The average Bonchev–Trinajstić information content (AvgIpc) is 3.02. The predicted molar refractivity (Wildman–Crippen MR) is 90.6 cm³/mol. The van der Waals surface area contributed by atoms with Crippen LogP contribution >= 0.6 is 0 Å². The van der Waals surface area contributed by atoms with Crippen LogP contribution in [0.2, 0.25) is 0 Å². The number of nitrogens with one attached hydrogen (secondary N) is 1. The van der Waals surface area contributed by atoms with Gasteiger partial charge in [-0.15, -0.1) is 0 Å². The second kappa shape index (κ2) is 7.47. The van der Waals surface area contributed by atoms with Crippen molar-refractivity contribution in [3.8, 4) is 0 Å². The van der Waals surface area contributed by atoms with Crippen LogP contribution in [0.25, 0.3) is 0 Å². The molecule has 1 N–H and O–H groups in total. The maximum atomic E-state index is 12.4. The lowest BCUT2D eigenvalue weighted by Gasteiger charge is -2.28. The summed E-state index contributed by atoms with van der Waals surface area (Å²) in [5.74, 6) is -0.888. The van der Waals surface area contributed by atoms with Crippen molar-refractivity contribution in [2.75, 3.05) is 31.1 Å². The zero-order chi connectivity index (χ0) is 16.9. The minimum absolute atomic E-state index is 0.183. The number of amides is 3. The molecule has 1 saturated heterocycles. The van der Waals surface area contributed by atoms with E-state index in [1.807, 2.05) is 29.2 Å². The summed E-state index contributed by atoms with van der Waals surface area (Å²) in [5.41, 5.74) is 1.95. The fourth-order valence-electron chi connectivity index (χ4n) is 3.36. The molecule has 3 amide bonds. The van der Waals surface area contributed by atoms with Gasteiger partial charge in [0.05, 0.1) is 0 Å². The largest absolute Gasteiger partial charge is 0.348 e. The fraction of sp³-hybridized carbons (Fsp3) is 0.500.